The summed E-state index contributed by atoms with van der Waals surface area (Å²) >= 11 is 0. The molecule has 0 aliphatic heterocycles. The van der Waals surface area contributed by atoms with Crippen molar-refractivity contribution in [3.8, 4) is 11.5 Å². The van der Waals surface area contributed by atoms with Crippen molar-refractivity contribution in [2.75, 3.05) is 0 Å². The van der Waals surface area contributed by atoms with Gasteiger partial charge in [0.25, 0.3) is 5.69 Å². The van der Waals surface area contributed by atoms with Gasteiger partial charge < -0.3 is 24.5 Å². The molecule has 150 valence electrons. The average Bonchev–Trinajstić information content (AvgIpc) is 2.72. The van der Waals surface area contributed by atoms with Crippen molar-refractivity contribution in [3.63, 3.8) is 0 Å². The van der Waals surface area contributed by atoms with E-state index in [0.29, 0.717) is 24.7 Å². The molecule has 0 unspecified atom stereocenters. The summed E-state index contributed by atoms with van der Waals surface area (Å²) in [5, 5.41) is 27.7. The average molecular weight is 474 g/mol. The number of nitrogens with zero attached hydrogens (tertiary/aromatic N) is 1. The molecule has 0 spiro atoms. The van der Waals surface area contributed by atoms with Crippen molar-refractivity contribution < 1.29 is 132 Å². The minimum Gasteiger partial charge on any atom is -0.652 e. The van der Waals surface area contributed by atoms with Gasteiger partial charge in [-0.3, -0.25) is 10.1 Å². The van der Waals surface area contributed by atoms with Crippen LogP contribution >= 0.6 is 0 Å². The number of benzene rings is 3. The van der Waals surface area contributed by atoms with Crippen LogP contribution in [-0.2, 0) is 13.2 Å². The van der Waals surface area contributed by atoms with E-state index in [1.54, 1.807) is 6.07 Å². The van der Waals surface area contributed by atoms with Crippen LogP contribution in [0.2, 0.25) is 0 Å². The van der Waals surface area contributed by atoms with Crippen LogP contribution in [0.3, 0.4) is 0 Å². The van der Waals surface area contributed by atoms with Crippen molar-refractivity contribution >= 4 is 11.8 Å². The molecule has 3 aromatic rings. The largest absolute Gasteiger partial charge is 1.00 e. The Morgan fingerprint density at radius 1 is 0.742 bits per heavy atom. The van der Waals surface area contributed by atoms with E-state index >= 15 is 0 Å². The third-order valence-corrected chi connectivity index (χ3v) is 3.61. The number of hydrogen-bond donors (Lipinski definition) is 0. The van der Waals surface area contributed by atoms with Gasteiger partial charge in [0.15, 0.2) is 11.5 Å². The molecule has 0 bridgehead atoms. The second-order valence-electron chi connectivity index (χ2n) is 5.69. The zero-order valence-corrected chi connectivity index (χ0v) is 23.5. The first-order valence-electron chi connectivity index (χ1n) is 8.45. The first kappa shape index (κ1) is 30.2. The van der Waals surface area contributed by atoms with Crippen molar-refractivity contribution in [2.24, 2.45) is 0 Å². The summed E-state index contributed by atoms with van der Waals surface area (Å²) in [5.74, 6) is 0.833. The van der Waals surface area contributed by atoms with Gasteiger partial charge in [-0.05, 0) is 23.3 Å². The molecular weight excluding hydrogens is 456 g/mol. The van der Waals surface area contributed by atoms with Crippen LogP contribution in [0.15, 0.2) is 78.9 Å². The van der Waals surface area contributed by atoms with E-state index < -0.39 is 11.1 Å². The Hall–Kier alpha value is -0.797. The smallest absolute Gasteiger partial charge is 0.652 e. The summed E-state index contributed by atoms with van der Waals surface area (Å²) in [5.41, 5.74) is 1.95. The summed E-state index contributed by atoms with van der Waals surface area (Å²) in [6.07, 6.45) is -2.33. The van der Waals surface area contributed by atoms with Gasteiger partial charge in [-0.15, -0.1) is 0 Å². The van der Waals surface area contributed by atoms with Gasteiger partial charge in [0, 0.05) is 6.07 Å². The topological polar surface area (TPSA) is 125 Å². The third-order valence-electron chi connectivity index (χ3n) is 3.61. The first-order chi connectivity index (χ1) is 14.0. The SMILES string of the molecule is O=C([O-])[O-].O=[N+]([O-])c1ccc(OCc2ccccc2)c(OCc2ccccc2)c1.[K+].[K+]. The summed E-state index contributed by atoms with van der Waals surface area (Å²) in [7, 11) is 0. The molecule has 0 aliphatic carbocycles. The van der Waals surface area contributed by atoms with Gasteiger partial charge >= 0.3 is 103 Å². The maximum Gasteiger partial charge on any atom is 1.00 e. The maximum atomic E-state index is 11.0. The van der Waals surface area contributed by atoms with E-state index in [4.69, 9.17) is 24.5 Å². The zero-order valence-electron chi connectivity index (χ0n) is 17.2. The molecule has 0 N–H and O–H groups in total. The van der Waals surface area contributed by atoms with Crippen molar-refractivity contribution in [1.29, 1.82) is 0 Å². The minimum atomic E-state index is -2.33. The summed E-state index contributed by atoms with van der Waals surface area (Å²) in [6, 6.07) is 23.7. The molecule has 0 saturated carbocycles. The Bertz CT molecular complexity index is 937. The Morgan fingerprint density at radius 2 is 1.16 bits per heavy atom. The third kappa shape index (κ3) is 12.1. The molecule has 0 aromatic heterocycles. The van der Waals surface area contributed by atoms with Gasteiger partial charge in [0.2, 0.25) is 0 Å². The first-order valence-corrected chi connectivity index (χ1v) is 8.45. The number of nitro benzene ring substituents is 1. The zero-order chi connectivity index (χ0) is 21.1. The molecule has 10 heteroatoms. The van der Waals surface area contributed by atoms with E-state index in [1.165, 1.54) is 12.1 Å². The van der Waals surface area contributed by atoms with E-state index in [0.717, 1.165) is 11.1 Å². The molecule has 31 heavy (non-hydrogen) atoms. The molecule has 8 nitrogen and oxygen atoms in total. The van der Waals surface area contributed by atoms with Crippen molar-refractivity contribution in [2.45, 2.75) is 13.2 Å². The maximum absolute atomic E-state index is 11.0. The molecule has 0 amide bonds. The number of non-ortho nitro benzene ring substituents is 1. The van der Waals surface area contributed by atoms with Crippen LogP contribution in [0.5, 0.6) is 11.5 Å². The fourth-order valence-corrected chi connectivity index (χ4v) is 2.31. The van der Waals surface area contributed by atoms with Crippen LogP contribution < -0.4 is 122 Å². The molecule has 0 atom stereocenters. The second kappa shape index (κ2) is 16.8. The normalized spacial score (nSPS) is 9.03. The molecule has 0 heterocycles. The number of hydrogen-bond acceptors (Lipinski definition) is 7. The summed E-state index contributed by atoms with van der Waals surface area (Å²) in [6.45, 7) is 0.671. The Labute approximate surface area is 264 Å². The summed E-state index contributed by atoms with van der Waals surface area (Å²) in [4.78, 5) is 18.9. The molecule has 0 fully saturated rings. The van der Waals surface area contributed by atoms with Crippen molar-refractivity contribution in [1.82, 2.24) is 0 Å². The van der Waals surface area contributed by atoms with Gasteiger partial charge in [-0.2, -0.15) is 0 Å². The minimum absolute atomic E-state index is 0. The predicted molar refractivity (Wildman–Crippen MR) is 100 cm³/mol. The van der Waals surface area contributed by atoms with E-state index in [2.05, 4.69) is 0 Å². The van der Waals surface area contributed by atoms with Crippen LogP contribution in [0.4, 0.5) is 10.5 Å². The molecule has 3 aromatic carbocycles. The molecule has 0 radical (unpaired) electrons. The Morgan fingerprint density at radius 3 is 1.58 bits per heavy atom. The van der Waals surface area contributed by atoms with E-state index in [-0.39, 0.29) is 108 Å². The van der Waals surface area contributed by atoms with Gasteiger partial charge in [0.1, 0.15) is 13.2 Å². The fraction of sp³-hybridized carbons (Fsp3) is 0.0952. The molecular formula is C21H17K2NO7. The van der Waals surface area contributed by atoms with Gasteiger partial charge in [-0.1, -0.05) is 60.7 Å². The second-order valence-corrected chi connectivity index (χ2v) is 5.69. The van der Waals surface area contributed by atoms with Crippen molar-refractivity contribution in [3.05, 3.63) is 100 Å². The van der Waals surface area contributed by atoms with Crippen LogP contribution in [0, 0.1) is 10.1 Å². The number of carbonyl (C=O) groups is 1. The number of ether oxygens (including phenoxy) is 2. The molecule has 3 rings (SSSR count). The molecule has 0 saturated heterocycles. The standard InChI is InChI=1S/C20H17NO4.CH2O3.2K/c22-21(23)18-11-12-19(24-14-16-7-3-1-4-8-16)20(13-18)25-15-17-9-5-2-6-10-17;2-1(3)4;;/h1-13H,14-15H2;(H2,2,3,4);;/q;;2*+1/p-2. The van der Waals surface area contributed by atoms with E-state index in [9.17, 15) is 10.1 Å². The van der Waals surface area contributed by atoms with Crippen LogP contribution in [0.25, 0.3) is 0 Å². The van der Waals surface area contributed by atoms with Gasteiger partial charge in [-0.25, -0.2) is 0 Å². The number of carboxylic acid groups (broad SMARTS) is 2. The molecule has 0 aliphatic rings. The summed E-state index contributed by atoms with van der Waals surface area (Å²) < 4.78 is 11.6. The number of nitro groups is 1. The fourth-order valence-electron chi connectivity index (χ4n) is 2.31. The predicted octanol–water partition coefficient (Wildman–Crippen LogP) is -3.69. The Kier molecular flexibility index (Phi) is 16.4. The van der Waals surface area contributed by atoms with Gasteiger partial charge in [0.05, 0.1) is 11.0 Å². The number of rotatable bonds is 7. The number of carbonyl (C=O) groups excluding carboxylic acids is 1. The van der Waals surface area contributed by atoms with E-state index in [1.807, 2.05) is 60.7 Å². The Balaban J connectivity index is 0.00000138. The van der Waals surface area contributed by atoms with Crippen LogP contribution in [-0.4, -0.2) is 11.1 Å². The quantitative estimate of drug-likeness (QED) is 0.197. The monoisotopic (exact) mass is 473 g/mol. The van der Waals surface area contributed by atoms with Crippen LogP contribution in [0.1, 0.15) is 11.1 Å².